The molecule has 0 radical (unpaired) electrons. The Bertz CT molecular complexity index is 834. The zero-order chi connectivity index (χ0) is 17.8. The van der Waals surface area contributed by atoms with Crippen molar-refractivity contribution in [2.45, 2.75) is 6.42 Å². The van der Waals surface area contributed by atoms with Gasteiger partial charge in [0.05, 0.1) is 12.0 Å². The third-order valence-corrected chi connectivity index (χ3v) is 5.23. The van der Waals surface area contributed by atoms with Crippen LogP contribution in [0.3, 0.4) is 0 Å². The van der Waals surface area contributed by atoms with Gasteiger partial charge in [-0.15, -0.1) is 0 Å². The summed E-state index contributed by atoms with van der Waals surface area (Å²) in [5.41, 5.74) is 1.48. The van der Waals surface area contributed by atoms with E-state index < -0.39 is 0 Å². The number of rotatable bonds is 5. The zero-order valence-corrected chi connectivity index (χ0v) is 15.2. The molecule has 128 valence electrons. The van der Waals surface area contributed by atoms with Gasteiger partial charge >= 0.3 is 0 Å². The van der Waals surface area contributed by atoms with E-state index in [0.717, 1.165) is 11.3 Å². The maximum atomic E-state index is 13.8. The Balaban J connectivity index is 1.70. The molecule has 0 bridgehead atoms. The Hall–Kier alpha value is -2.18. The number of carbonyl (C=O) groups is 1. The number of hydrogen-bond donors (Lipinski definition) is 0. The predicted molar refractivity (Wildman–Crippen MR) is 103 cm³/mol. The number of benzene rings is 2. The number of amides is 1. The second kappa shape index (κ2) is 7.80. The number of hydrogen-bond acceptors (Lipinski definition) is 4. The van der Waals surface area contributed by atoms with Crippen molar-refractivity contribution in [3.8, 4) is 5.75 Å². The summed E-state index contributed by atoms with van der Waals surface area (Å²) in [5, 5.41) is 0. The summed E-state index contributed by atoms with van der Waals surface area (Å²) in [7, 11) is 1.62. The molecule has 1 fully saturated rings. The van der Waals surface area contributed by atoms with Crippen LogP contribution in [-0.2, 0) is 11.2 Å². The summed E-state index contributed by atoms with van der Waals surface area (Å²) in [4.78, 5) is 14.6. The minimum absolute atomic E-state index is 0.174. The summed E-state index contributed by atoms with van der Waals surface area (Å²) in [5.74, 6) is 0.264. The molecule has 1 heterocycles. The van der Waals surface area contributed by atoms with E-state index in [0.29, 0.717) is 27.8 Å². The second-order valence-corrected chi connectivity index (χ2v) is 7.13. The number of carbonyl (C=O) groups excluding carboxylic acids is 1. The largest absolute Gasteiger partial charge is 0.497 e. The van der Waals surface area contributed by atoms with E-state index in [1.54, 1.807) is 36.3 Å². The fourth-order valence-electron chi connectivity index (χ4n) is 2.46. The third-order valence-electron chi connectivity index (χ3n) is 3.85. The van der Waals surface area contributed by atoms with Crippen molar-refractivity contribution in [3.63, 3.8) is 0 Å². The highest BCUT2D eigenvalue weighted by Gasteiger charge is 2.31. The maximum absolute atomic E-state index is 13.8. The molecule has 0 N–H and O–H groups in total. The first kappa shape index (κ1) is 17.6. The second-order valence-electron chi connectivity index (χ2n) is 5.45. The molecule has 1 aliphatic rings. The quantitative estimate of drug-likeness (QED) is 0.578. The lowest BCUT2D eigenvalue weighted by Gasteiger charge is -2.14. The van der Waals surface area contributed by atoms with Crippen LogP contribution in [0.1, 0.15) is 11.1 Å². The fourth-order valence-corrected chi connectivity index (χ4v) is 3.76. The average Bonchev–Trinajstić information content (AvgIpc) is 2.89. The number of ether oxygens (including phenoxy) is 1. The predicted octanol–water partition coefficient (Wildman–Crippen LogP) is 4.28. The van der Waals surface area contributed by atoms with Crippen LogP contribution in [-0.4, -0.2) is 28.8 Å². The molecular formula is C19H16FNO2S2. The van der Waals surface area contributed by atoms with Crippen LogP contribution < -0.4 is 4.74 Å². The highest BCUT2D eigenvalue weighted by molar-refractivity contribution is 8.26. The lowest BCUT2D eigenvalue weighted by atomic mass is 10.1. The molecule has 0 aromatic heterocycles. The number of methoxy groups -OCH3 is 1. The summed E-state index contributed by atoms with van der Waals surface area (Å²) in [6.45, 7) is 0.492. The van der Waals surface area contributed by atoms with Crippen molar-refractivity contribution in [1.29, 1.82) is 0 Å². The molecule has 0 spiro atoms. The Kier molecular flexibility index (Phi) is 5.50. The minimum atomic E-state index is -0.356. The van der Waals surface area contributed by atoms with Gasteiger partial charge < -0.3 is 4.74 Å². The van der Waals surface area contributed by atoms with Crippen LogP contribution in [0.2, 0.25) is 0 Å². The zero-order valence-electron chi connectivity index (χ0n) is 13.6. The first-order chi connectivity index (χ1) is 12.1. The van der Waals surface area contributed by atoms with Crippen LogP contribution in [0.4, 0.5) is 4.39 Å². The van der Waals surface area contributed by atoms with E-state index in [9.17, 15) is 9.18 Å². The van der Waals surface area contributed by atoms with E-state index in [2.05, 4.69) is 0 Å². The number of nitrogens with zero attached hydrogens (tertiary/aromatic N) is 1. The van der Waals surface area contributed by atoms with Gasteiger partial charge in [-0.25, -0.2) is 4.39 Å². The smallest absolute Gasteiger partial charge is 0.266 e. The molecular weight excluding hydrogens is 357 g/mol. The molecule has 6 heteroatoms. The van der Waals surface area contributed by atoms with Crippen LogP contribution in [0, 0.1) is 5.82 Å². The summed E-state index contributed by atoms with van der Waals surface area (Å²) < 4.78 is 19.4. The standard InChI is InChI=1S/C19H16FNO2S2/c1-23-15-8-6-13(7-9-15)10-11-21-18(22)17(25-19(21)24)12-14-4-2-3-5-16(14)20/h2-9,12H,10-11H2,1H3. The van der Waals surface area contributed by atoms with Crippen LogP contribution >= 0.6 is 24.0 Å². The SMILES string of the molecule is COc1ccc(CCN2C(=O)C(=Cc3ccccc3F)SC2=S)cc1. The number of thiocarbonyl (C=S) groups is 1. The van der Waals surface area contributed by atoms with Gasteiger partial charge in [0.15, 0.2) is 0 Å². The molecule has 0 aliphatic carbocycles. The molecule has 0 atom stereocenters. The highest BCUT2D eigenvalue weighted by Crippen LogP contribution is 2.33. The average molecular weight is 373 g/mol. The molecule has 0 saturated carbocycles. The minimum Gasteiger partial charge on any atom is -0.497 e. The Morgan fingerprint density at radius 1 is 1.20 bits per heavy atom. The summed E-state index contributed by atoms with van der Waals surface area (Å²) in [6, 6.07) is 14.1. The normalized spacial score (nSPS) is 15.9. The topological polar surface area (TPSA) is 29.5 Å². The van der Waals surface area contributed by atoms with Gasteiger partial charge in [-0.2, -0.15) is 0 Å². The molecule has 1 saturated heterocycles. The molecule has 1 aliphatic heterocycles. The molecule has 2 aromatic carbocycles. The van der Waals surface area contributed by atoms with Crippen LogP contribution in [0.15, 0.2) is 53.4 Å². The van der Waals surface area contributed by atoms with Crippen LogP contribution in [0.5, 0.6) is 5.75 Å². The summed E-state index contributed by atoms with van der Waals surface area (Å²) >= 11 is 6.52. The monoisotopic (exact) mass is 373 g/mol. The van der Waals surface area contributed by atoms with Crippen molar-refractivity contribution in [2.24, 2.45) is 0 Å². The molecule has 25 heavy (non-hydrogen) atoms. The van der Waals surface area contributed by atoms with Gasteiger partial charge in [-0.1, -0.05) is 54.3 Å². The van der Waals surface area contributed by atoms with Crippen molar-refractivity contribution >= 4 is 40.3 Å². The molecule has 2 aromatic rings. The van der Waals surface area contributed by atoms with Crippen molar-refractivity contribution in [1.82, 2.24) is 4.90 Å². The van der Waals surface area contributed by atoms with Crippen molar-refractivity contribution < 1.29 is 13.9 Å². The Morgan fingerprint density at radius 3 is 2.60 bits per heavy atom. The van der Waals surface area contributed by atoms with Gasteiger partial charge in [0.25, 0.3) is 5.91 Å². The van der Waals surface area contributed by atoms with Gasteiger partial charge in [-0.05, 0) is 36.3 Å². The van der Waals surface area contributed by atoms with Crippen molar-refractivity contribution in [2.75, 3.05) is 13.7 Å². The summed E-state index contributed by atoms with van der Waals surface area (Å²) in [6.07, 6.45) is 2.24. The van der Waals surface area contributed by atoms with Gasteiger partial charge in [0.2, 0.25) is 0 Å². The van der Waals surface area contributed by atoms with Crippen molar-refractivity contribution in [3.05, 3.63) is 70.4 Å². The first-order valence-electron chi connectivity index (χ1n) is 7.71. The molecule has 3 nitrogen and oxygen atoms in total. The highest BCUT2D eigenvalue weighted by atomic mass is 32.2. The van der Waals surface area contributed by atoms with E-state index in [4.69, 9.17) is 17.0 Å². The van der Waals surface area contributed by atoms with Gasteiger partial charge in [-0.3, -0.25) is 9.69 Å². The molecule has 0 unspecified atom stereocenters. The molecule has 1 amide bonds. The fraction of sp³-hybridized carbons (Fsp3) is 0.158. The van der Waals surface area contributed by atoms with E-state index in [1.165, 1.54) is 17.8 Å². The lowest BCUT2D eigenvalue weighted by Crippen LogP contribution is -2.30. The number of halogens is 1. The Labute approximate surface area is 155 Å². The Morgan fingerprint density at radius 2 is 1.92 bits per heavy atom. The molecule has 3 rings (SSSR count). The number of thioether (sulfide) groups is 1. The van der Waals surface area contributed by atoms with E-state index in [1.807, 2.05) is 24.3 Å². The first-order valence-corrected chi connectivity index (χ1v) is 8.94. The lowest BCUT2D eigenvalue weighted by molar-refractivity contribution is -0.122. The van der Waals surface area contributed by atoms with E-state index >= 15 is 0 Å². The van der Waals surface area contributed by atoms with Gasteiger partial charge in [0.1, 0.15) is 15.9 Å². The van der Waals surface area contributed by atoms with E-state index in [-0.39, 0.29) is 11.7 Å². The van der Waals surface area contributed by atoms with Crippen LogP contribution in [0.25, 0.3) is 6.08 Å². The maximum Gasteiger partial charge on any atom is 0.266 e. The van der Waals surface area contributed by atoms with Gasteiger partial charge in [0, 0.05) is 12.1 Å². The third kappa shape index (κ3) is 4.08.